The number of ether oxygens (including phenoxy) is 1. The summed E-state index contributed by atoms with van der Waals surface area (Å²) in [4.78, 5) is 0.115. The summed E-state index contributed by atoms with van der Waals surface area (Å²) in [6, 6.07) is 12.4. The van der Waals surface area contributed by atoms with E-state index in [4.69, 9.17) is 4.74 Å². The summed E-state index contributed by atoms with van der Waals surface area (Å²) in [6.45, 7) is 6.49. The number of hydrogen-bond donors (Lipinski definition) is 1. The monoisotopic (exact) mass is 411 g/mol. The van der Waals surface area contributed by atoms with Crippen molar-refractivity contribution in [2.75, 3.05) is 11.3 Å². The van der Waals surface area contributed by atoms with Crippen molar-refractivity contribution in [1.29, 1.82) is 0 Å². The van der Waals surface area contributed by atoms with E-state index in [9.17, 15) is 8.42 Å². The fourth-order valence-corrected chi connectivity index (χ4v) is 4.04. The van der Waals surface area contributed by atoms with Crippen LogP contribution in [0.3, 0.4) is 0 Å². The molecule has 2 aromatic carbocycles. The van der Waals surface area contributed by atoms with E-state index in [2.05, 4.69) is 34.5 Å². The molecule has 0 saturated carbocycles. The fraction of sp³-hybridized carbons (Fsp3) is 0.333. The van der Waals surface area contributed by atoms with Crippen molar-refractivity contribution in [3.05, 3.63) is 52.5 Å². The van der Waals surface area contributed by atoms with Crippen LogP contribution in [0.1, 0.15) is 38.7 Å². The molecule has 0 spiro atoms. The summed E-state index contributed by atoms with van der Waals surface area (Å²) in [6.07, 6.45) is 1.04. The first-order valence-corrected chi connectivity index (χ1v) is 10.2. The van der Waals surface area contributed by atoms with E-state index in [1.807, 2.05) is 19.1 Å². The smallest absolute Gasteiger partial charge is 0.265 e. The van der Waals surface area contributed by atoms with Crippen molar-refractivity contribution in [2.24, 2.45) is 0 Å². The summed E-state index contributed by atoms with van der Waals surface area (Å²) in [7, 11) is -3.73. The summed E-state index contributed by atoms with van der Waals surface area (Å²) in [5.74, 6) is 0.787. The van der Waals surface area contributed by atoms with E-state index in [0.717, 1.165) is 6.42 Å². The zero-order valence-corrected chi connectivity index (χ0v) is 16.4. The Hall–Kier alpha value is -1.53. The van der Waals surface area contributed by atoms with Gasteiger partial charge in [0.05, 0.1) is 6.61 Å². The first kappa shape index (κ1) is 18.8. The van der Waals surface area contributed by atoms with Gasteiger partial charge < -0.3 is 4.74 Å². The molecule has 0 amide bonds. The van der Waals surface area contributed by atoms with Crippen molar-refractivity contribution < 1.29 is 13.2 Å². The molecule has 1 N–H and O–H groups in total. The molecule has 0 unspecified atom stereocenters. The van der Waals surface area contributed by atoms with Gasteiger partial charge in [-0.15, -0.1) is 0 Å². The van der Waals surface area contributed by atoms with E-state index >= 15 is 0 Å². The second-order valence-electron chi connectivity index (χ2n) is 5.56. The van der Waals surface area contributed by atoms with Crippen molar-refractivity contribution in [2.45, 2.75) is 38.0 Å². The van der Waals surface area contributed by atoms with Crippen molar-refractivity contribution in [1.82, 2.24) is 0 Å². The first-order chi connectivity index (χ1) is 11.4. The zero-order valence-electron chi connectivity index (χ0n) is 14.0. The summed E-state index contributed by atoms with van der Waals surface area (Å²) in [5, 5.41) is 0. The number of anilines is 1. The quantitative estimate of drug-likeness (QED) is 0.683. The highest BCUT2D eigenvalue weighted by Crippen LogP contribution is 2.29. The maximum atomic E-state index is 12.7. The highest BCUT2D eigenvalue weighted by molar-refractivity contribution is 9.10. The Morgan fingerprint density at radius 2 is 1.79 bits per heavy atom. The van der Waals surface area contributed by atoms with Crippen LogP contribution in [0.2, 0.25) is 0 Å². The minimum Gasteiger partial charge on any atom is -0.492 e. The lowest BCUT2D eigenvalue weighted by molar-refractivity contribution is 0.331. The predicted molar refractivity (Wildman–Crippen MR) is 101 cm³/mol. The van der Waals surface area contributed by atoms with Crippen LogP contribution in [-0.2, 0) is 10.0 Å². The molecule has 0 fully saturated rings. The van der Waals surface area contributed by atoms with E-state index in [-0.39, 0.29) is 4.90 Å². The molecule has 130 valence electrons. The van der Waals surface area contributed by atoms with Crippen LogP contribution in [0.5, 0.6) is 5.75 Å². The van der Waals surface area contributed by atoms with Crippen LogP contribution in [0.15, 0.2) is 51.8 Å². The Bertz CT molecular complexity index is 788. The van der Waals surface area contributed by atoms with E-state index < -0.39 is 10.0 Å². The Kier molecular flexibility index (Phi) is 6.29. The molecular formula is C18H22BrNO3S. The maximum absolute atomic E-state index is 12.7. The van der Waals surface area contributed by atoms with Crippen LogP contribution in [-0.4, -0.2) is 15.0 Å². The minimum absolute atomic E-state index is 0.115. The number of sulfonamides is 1. The van der Waals surface area contributed by atoms with Crippen LogP contribution in [0.4, 0.5) is 5.69 Å². The first-order valence-electron chi connectivity index (χ1n) is 7.92. The van der Waals surface area contributed by atoms with Gasteiger partial charge in [0, 0.05) is 10.2 Å². The van der Waals surface area contributed by atoms with Crippen LogP contribution in [0.25, 0.3) is 0 Å². The van der Waals surface area contributed by atoms with E-state index in [1.54, 1.807) is 30.3 Å². The van der Waals surface area contributed by atoms with Gasteiger partial charge >= 0.3 is 0 Å². The molecule has 2 rings (SSSR count). The van der Waals surface area contributed by atoms with Gasteiger partial charge in [-0.05, 0) is 55.2 Å². The Morgan fingerprint density at radius 3 is 2.38 bits per heavy atom. The summed E-state index contributed by atoms with van der Waals surface area (Å²) < 4.78 is 34.2. The van der Waals surface area contributed by atoms with Crippen molar-refractivity contribution in [3.8, 4) is 5.75 Å². The van der Waals surface area contributed by atoms with Gasteiger partial charge in [0.25, 0.3) is 10.0 Å². The standard InChI is InChI=1S/C18H22BrNO3S/c1-4-13(3)14-6-9-16(10-7-14)20-24(21,22)18-12-15(19)8-11-17(18)23-5-2/h6-13,20H,4-5H2,1-3H3/t13-/m1/s1. The number of nitrogens with one attached hydrogen (secondary N) is 1. The SMILES string of the molecule is CCOc1ccc(Br)cc1S(=O)(=O)Nc1ccc([C@H](C)CC)cc1. The van der Waals surface area contributed by atoms with E-state index in [0.29, 0.717) is 28.4 Å². The molecule has 0 aromatic heterocycles. The lowest BCUT2D eigenvalue weighted by Gasteiger charge is -2.14. The molecule has 24 heavy (non-hydrogen) atoms. The number of hydrogen-bond acceptors (Lipinski definition) is 3. The number of rotatable bonds is 7. The lowest BCUT2D eigenvalue weighted by Crippen LogP contribution is -2.14. The van der Waals surface area contributed by atoms with Gasteiger partial charge in [-0.2, -0.15) is 0 Å². The van der Waals surface area contributed by atoms with Crippen molar-refractivity contribution >= 4 is 31.6 Å². The number of halogens is 1. The highest BCUT2D eigenvalue weighted by Gasteiger charge is 2.20. The van der Waals surface area contributed by atoms with Crippen LogP contribution < -0.4 is 9.46 Å². The largest absolute Gasteiger partial charge is 0.492 e. The third-order valence-electron chi connectivity index (χ3n) is 3.84. The van der Waals surface area contributed by atoms with Crippen LogP contribution >= 0.6 is 15.9 Å². The maximum Gasteiger partial charge on any atom is 0.265 e. The average molecular weight is 412 g/mol. The van der Waals surface area contributed by atoms with Gasteiger partial charge in [0.2, 0.25) is 0 Å². The third-order valence-corrected chi connectivity index (χ3v) is 5.74. The molecule has 2 aromatic rings. The minimum atomic E-state index is -3.73. The second-order valence-corrected chi connectivity index (χ2v) is 8.13. The fourth-order valence-electron chi connectivity index (χ4n) is 2.29. The Balaban J connectivity index is 2.30. The number of benzene rings is 2. The van der Waals surface area contributed by atoms with Gasteiger partial charge in [0.1, 0.15) is 10.6 Å². The normalized spacial score (nSPS) is 12.7. The molecule has 4 nitrogen and oxygen atoms in total. The molecule has 0 heterocycles. The highest BCUT2D eigenvalue weighted by atomic mass is 79.9. The van der Waals surface area contributed by atoms with Crippen molar-refractivity contribution in [3.63, 3.8) is 0 Å². The second kappa shape index (κ2) is 8.03. The average Bonchev–Trinajstić information content (AvgIpc) is 2.56. The Morgan fingerprint density at radius 1 is 1.12 bits per heavy atom. The van der Waals surface area contributed by atoms with Gasteiger partial charge in [-0.25, -0.2) is 8.42 Å². The van der Waals surface area contributed by atoms with Crippen LogP contribution in [0, 0.1) is 0 Å². The van der Waals surface area contributed by atoms with Gasteiger partial charge in [-0.1, -0.05) is 41.9 Å². The Labute approximate surface area is 152 Å². The molecule has 1 atom stereocenters. The molecule has 0 radical (unpaired) electrons. The molecule has 0 saturated heterocycles. The molecular weight excluding hydrogens is 390 g/mol. The zero-order chi connectivity index (χ0) is 17.7. The van der Waals surface area contributed by atoms with Gasteiger partial charge in [-0.3, -0.25) is 4.72 Å². The molecule has 0 aliphatic carbocycles. The van der Waals surface area contributed by atoms with E-state index in [1.165, 1.54) is 5.56 Å². The molecule has 0 aliphatic heterocycles. The summed E-state index contributed by atoms with van der Waals surface area (Å²) in [5.41, 5.74) is 1.72. The topological polar surface area (TPSA) is 55.4 Å². The lowest BCUT2D eigenvalue weighted by atomic mass is 9.99. The predicted octanol–water partition coefficient (Wildman–Crippen LogP) is 5.16. The molecule has 0 aliphatic rings. The molecule has 6 heteroatoms. The third kappa shape index (κ3) is 4.51. The molecule has 0 bridgehead atoms. The van der Waals surface area contributed by atoms with Gasteiger partial charge in [0.15, 0.2) is 0 Å². The summed E-state index contributed by atoms with van der Waals surface area (Å²) >= 11 is 3.31.